The Balaban J connectivity index is 1.46. The van der Waals surface area contributed by atoms with Crippen molar-refractivity contribution in [2.45, 2.75) is 43.2 Å². The number of ether oxygens (including phenoxy) is 2. The fourth-order valence-electron chi connectivity index (χ4n) is 3.82. The molecule has 0 saturated carbocycles. The molecule has 136 valence electrons. The molecule has 4 rings (SSSR count). The van der Waals surface area contributed by atoms with Gasteiger partial charge in [0.15, 0.2) is 5.25 Å². The highest BCUT2D eigenvalue weighted by Gasteiger charge is 2.61. The van der Waals surface area contributed by atoms with Crippen molar-refractivity contribution in [3.8, 4) is 0 Å². The highest BCUT2D eigenvalue weighted by molar-refractivity contribution is 8.01. The molecule has 2 aromatic carbocycles. The number of fused-ring (bicyclic) bond motifs is 1. The predicted molar refractivity (Wildman–Crippen MR) is 106 cm³/mol. The minimum Gasteiger partial charge on any atom is -0.387 e. The third kappa shape index (κ3) is 3.74. The molecule has 2 aliphatic rings. The number of rotatable bonds is 6. The van der Waals surface area contributed by atoms with Gasteiger partial charge in [0.05, 0.1) is 13.2 Å². The zero-order valence-corrected chi connectivity index (χ0v) is 15.6. The fourth-order valence-corrected chi connectivity index (χ4v) is 6.74. The van der Waals surface area contributed by atoms with Gasteiger partial charge in [0.2, 0.25) is 0 Å². The quantitative estimate of drug-likeness (QED) is 0.793. The molecule has 2 aliphatic heterocycles. The van der Waals surface area contributed by atoms with Gasteiger partial charge in [0.25, 0.3) is 0 Å². The van der Waals surface area contributed by atoms with Crippen LogP contribution in [0.4, 0.5) is 0 Å². The molecular formula is C22H25O3S+. The minimum absolute atomic E-state index is 0.000971. The lowest BCUT2D eigenvalue weighted by Crippen LogP contribution is -2.40. The number of hydrogen-bond donors (Lipinski definition) is 1. The average Bonchev–Trinajstić information content (AvgIpc) is 3.17. The summed E-state index contributed by atoms with van der Waals surface area (Å²) in [7, 11) is -0.0131. The number of aliphatic hydroxyl groups excluding tert-OH is 1. The van der Waals surface area contributed by atoms with Gasteiger partial charge in [-0.15, -0.1) is 0 Å². The van der Waals surface area contributed by atoms with E-state index < -0.39 is 0 Å². The lowest BCUT2D eigenvalue weighted by atomic mass is 10.0. The van der Waals surface area contributed by atoms with E-state index in [0.717, 1.165) is 16.9 Å². The Bertz CT molecular complexity index is 734. The van der Waals surface area contributed by atoms with Gasteiger partial charge in [-0.2, -0.15) is 0 Å². The first kappa shape index (κ1) is 17.8. The van der Waals surface area contributed by atoms with E-state index >= 15 is 0 Å². The summed E-state index contributed by atoms with van der Waals surface area (Å²) in [5.74, 6) is 0.910. The average molecular weight is 370 g/mol. The Labute approximate surface area is 158 Å². The van der Waals surface area contributed by atoms with Crippen LogP contribution < -0.4 is 0 Å². The Morgan fingerprint density at radius 2 is 1.50 bits per heavy atom. The second-order valence-corrected chi connectivity index (χ2v) is 9.28. The van der Waals surface area contributed by atoms with Crippen LogP contribution in [0.5, 0.6) is 0 Å². The maximum atomic E-state index is 10.6. The lowest BCUT2D eigenvalue weighted by Gasteiger charge is -2.22. The van der Waals surface area contributed by atoms with Crippen LogP contribution in [0.15, 0.2) is 72.1 Å². The zero-order chi connectivity index (χ0) is 17.9. The van der Waals surface area contributed by atoms with E-state index in [1.54, 1.807) is 0 Å². The predicted octanol–water partition coefficient (Wildman–Crippen LogP) is 3.44. The molecule has 1 unspecified atom stereocenters. The molecular weight excluding hydrogens is 344 g/mol. The molecule has 0 aromatic heterocycles. The van der Waals surface area contributed by atoms with Crippen LogP contribution in [0.1, 0.15) is 17.5 Å². The van der Waals surface area contributed by atoms with Crippen molar-refractivity contribution in [3.63, 3.8) is 0 Å². The van der Waals surface area contributed by atoms with Crippen molar-refractivity contribution >= 4 is 10.9 Å². The summed E-state index contributed by atoms with van der Waals surface area (Å²) in [6.45, 7) is 5.31. The van der Waals surface area contributed by atoms with Gasteiger partial charge in [-0.1, -0.05) is 60.7 Å². The summed E-state index contributed by atoms with van der Waals surface area (Å²) in [4.78, 5) is 1.17. The van der Waals surface area contributed by atoms with Gasteiger partial charge in [-0.05, 0) is 17.7 Å². The SMILES string of the molecule is C=C1C[C@@H](O)[C@@H]2[C@@H](OCc3ccccc3)[C@H](OCc3ccccc3)C[S+]12. The molecule has 4 heteroatoms. The highest BCUT2D eigenvalue weighted by atomic mass is 32.2. The lowest BCUT2D eigenvalue weighted by molar-refractivity contribution is -0.0799. The minimum atomic E-state index is -0.364. The van der Waals surface area contributed by atoms with Gasteiger partial charge >= 0.3 is 0 Å². The molecule has 26 heavy (non-hydrogen) atoms. The third-order valence-corrected chi connectivity index (χ3v) is 7.98. The summed E-state index contributed by atoms with van der Waals surface area (Å²) >= 11 is 0. The number of hydrogen-bond acceptors (Lipinski definition) is 3. The van der Waals surface area contributed by atoms with E-state index in [9.17, 15) is 5.11 Å². The largest absolute Gasteiger partial charge is 0.387 e. The van der Waals surface area contributed by atoms with Gasteiger partial charge in [0, 0.05) is 17.3 Å². The van der Waals surface area contributed by atoms with E-state index in [2.05, 4.69) is 30.8 Å². The van der Waals surface area contributed by atoms with Crippen molar-refractivity contribution in [3.05, 3.63) is 83.3 Å². The maximum Gasteiger partial charge on any atom is 0.178 e. The maximum absolute atomic E-state index is 10.6. The van der Waals surface area contributed by atoms with Crippen LogP contribution >= 0.6 is 0 Å². The Kier molecular flexibility index (Phi) is 5.46. The molecule has 2 fully saturated rings. The molecule has 0 aliphatic carbocycles. The second-order valence-electron chi connectivity index (χ2n) is 6.97. The molecule has 0 amide bonds. The molecule has 2 heterocycles. The molecule has 1 N–H and O–H groups in total. The summed E-state index contributed by atoms with van der Waals surface area (Å²) in [6.07, 6.45) is 0.247. The highest BCUT2D eigenvalue weighted by Crippen LogP contribution is 2.43. The second kappa shape index (κ2) is 7.97. The summed E-state index contributed by atoms with van der Waals surface area (Å²) < 4.78 is 12.6. The van der Waals surface area contributed by atoms with E-state index in [0.29, 0.717) is 19.6 Å². The Hall–Kier alpha value is -1.59. The van der Waals surface area contributed by atoms with Crippen LogP contribution in [-0.2, 0) is 33.6 Å². The van der Waals surface area contributed by atoms with Crippen molar-refractivity contribution in [1.82, 2.24) is 0 Å². The first-order chi connectivity index (χ1) is 12.7. The first-order valence-corrected chi connectivity index (χ1v) is 10.5. The van der Waals surface area contributed by atoms with Crippen LogP contribution in [0, 0.1) is 0 Å². The van der Waals surface area contributed by atoms with E-state index in [-0.39, 0.29) is 34.5 Å². The Morgan fingerprint density at radius 3 is 2.12 bits per heavy atom. The Morgan fingerprint density at radius 1 is 0.923 bits per heavy atom. The smallest absolute Gasteiger partial charge is 0.178 e. The van der Waals surface area contributed by atoms with Gasteiger partial charge in [-0.3, -0.25) is 0 Å². The molecule has 0 spiro atoms. The van der Waals surface area contributed by atoms with Crippen molar-refractivity contribution in [1.29, 1.82) is 0 Å². The van der Waals surface area contributed by atoms with Crippen molar-refractivity contribution < 1.29 is 14.6 Å². The monoisotopic (exact) mass is 369 g/mol. The summed E-state index contributed by atoms with van der Waals surface area (Å²) in [5, 5.41) is 10.7. The third-order valence-electron chi connectivity index (χ3n) is 5.14. The zero-order valence-electron chi connectivity index (χ0n) is 14.8. The molecule has 2 aromatic rings. The van der Waals surface area contributed by atoms with E-state index in [4.69, 9.17) is 9.47 Å². The summed E-state index contributed by atoms with van der Waals surface area (Å²) in [6, 6.07) is 20.4. The fraction of sp³-hybridized carbons (Fsp3) is 0.364. The first-order valence-electron chi connectivity index (χ1n) is 9.09. The normalized spacial score (nSPS) is 30.5. The standard InChI is InChI=1S/C22H25O3S/c1-16-12-19(23)22-21(25-14-18-10-6-3-7-11-18)20(15-26(16)22)24-13-17-8-4-2-5-9-17/h2-11,19-23H,1,12-15H2/q+1/t19-,20-,21+,22-,26?/m1/s1. The van der Waals surface area contributed by atoms with Crippen molar-refractivity contribution in [2.24, 2.45) is 0 Å². The van der Waals surface area contributed by atoms with Crippen LogP contribution in [0.2, 0.25) is 0 Å². The molecule has 0 bridgehead atoms. The number of aliphatic hydroxyl groups is 1. The van der Waals surface area contributed by atoms with Crippen LogP contribution in [-0.4, -0.2) is 34.4 Å². The molecule has 2 saturated heterocycles. The van der Waals surface area contributed by atoms with Crippen LogP contribution in [0.25, 0.3) is 0 Å². The van der Waals surface area contributed by atoms with Crippen molar-refractivity contribution in [2.75, 3.05) is 5.75 Å². The summed E-state index contributed by atoms with van der Waals surface area (Å²) in [5.41, 5.74) is 2.31. The van der Waals surface area contributed by atoms with E-state index in [1.807, 2.05) is 36.4 Å². The van der Waals surface area contributed by atoms with E-state index in [1.165, 1.54) is 4.91 Å². The van der Waals surface area contributed by atoms with Crippen LogP contribution in [0.3, 0.4) is 0 Å². The van der Waals surface area contributed by atoms with Gasteiger partial charge in [-0.25, -0.2) is 0 Å². The van der Waals surface area contributed by atoms with Gasteiger partial charge in [0.1, 0.15) is 29.0 Å². The number of benzene rings is 2. The topological polar surface area (TPSA) is 38.7 Å². The van der Waals surface area contributed by atoms with Gasteiger partial charge < -0.3 is 14.6 Å². The molecule has 3 nitrogen and oxygen atoms in total. The molecule has 5 atom stereocenters. The molecule has 0 radical (unpaired) electrons.